The van der Waals surface area contributed by atoms with Crippen molar-refractivity contribution in [2.75, 3.05) is 5.32 Å². The van der Waals surface area contributed by atoms with Gasteiger partial charge in [-0.1, -0.05) is 18.2 Å². The molecule has 0 aliphatic carbocycles. The number of rotatable bonds is 5. The highest BCUT2D eigenvalue weighted by atomic mass is 19.1. The molecule has 0 saturated heterocycles. The maximum Gasteiger partial charge on any atom is 0.272 e. The zero-order valence-corrected chi connectivity index (χ0v) is 16.0. The van der Waals surface area contributed by atoms with Crippen LogP contribution in [-0.4, -0.2) is 20.3 Å². The van der Waals surface area contributed by atoms with E-state index < -0.39 is 0 Å². The van der Waals surface area contributed by atoms with Crippen LogP contribution >= 0.6 is 0 Å². The average Bonchev–Trinajstić information content (AvgIpc) is 3.34. The van der Waals surface area contributed by atoms with Crippen molar-refractivity contribution in [2.45, 2.75) is 33.9 Å². The van der Waals surface area contributed by atoms with E-state index in [1.807, 2.05) is 25.5 Å². The quantitative estimate of drug-likeness (QED) is 0.554. The average molecular weight is 380 g/mol. The van der Waals surface area contributed by atoms with Crippen molar-refractivity contribution in [3.63, 3.8) is 0 Å². The monoisotopic (exact) mass is 380 g/mol. The van der Waals surface area contributed by atoms with E-state index in [1.165, 1.54) is 6.07 Å². The van der Waals surface area contributed by atoms with Crippen molar-refractivity contribution in [3.8, 4) is 0 Å². The number of anilines is 1. The lowest BCUT2D eigenvalue weighted by molar-refractivity contribution is 0.101. The van der Waals surface area contributed by atoms with Crippen LogP contribution in [-0.2, 0) is 13.1 Å². The fraction of sp³-hybridized carbons (Fsp3) is 0.238. The van der Waals surface area contributed by atoms with Gasteiger partial charge in [-0.15, -0.1) is 0 Å². The van der Waals surface area contributed by atoms with Gasteiger partial charge >= 0.3 is 0 Å². The lowest BCUT2D eigenvalue weighted by Gasteiger charge is -2.12. The van der Waals surface area contributed by atoms with Gasteiger partial charge in [0.05, 0.1) is 35.4 Å². The first-order valence-corrected chi connectivity index (χ1v) is 9.15. The van der Waals surface area contributed by atoms with Crippen molar-refractivity contribution in [1.82, 2.24) is 14.3 Å². The first-order valence-electron chi connectivity index (χ1n) is 9.15. The van der Waals surface area contributed by atoms with E-state index in [2.05, 4.69) is 10.4 Å². The summed E-state index contributed by atoms with van der Waals surface area (Å²) in [5.41, 5.74) is 4.57. The zero-order chi connectivity index (χ0) is 19.8. The van der Waals surface area contributed by atoms with Crippen molar-refractivity contribution >= 4 is 22.7 Å². The van der Waals surface area contributed by atoms with Crippen LogP contribution in [0.2, 0.25) is 0 Å². The van der Waals surface area contributed by atoms with E-state index in [9.17, 15) is 9.18 Å². The second kappa shape index (κ2) is 6.99. The van der Waals surface area contributed by atoms with Crippen LogP contribution in [0.25, 0.3) is 11.1 Å². The Morgan fingerprint density at radius 2 is 2.04 bits per heavy atom. The number of carbonyl (C=O) groups excluding carboxylic acids is 1. The summed E-state index contributed by atoms with van der Waals surface area (Å²) in [6.45, 7) is 6.73. The van der Waals surface area contributed by atoms with Crippen molar-refractivity contribution in [3.05, 3.63) is 71.1 Å². The minimum Gasteiger partial charge on any atom is -0.463 e. The highest BCUT2D eigenvalue weighted by molar-refractivity contribution is 6.06. The van der Waals surface area contributed by atoms with E-state index in [1.54, 1.807) is 41.2 Å². The number of hydrogen-bond acceptors (Lipinski definition) is 3. The van der Waals surface area contributed by atoms with Crippen LogP contribution in [0.15, 0.2) is 47.1 Å². The Bertz CT molecular complexity index is 1170. The van der Waals surface area contributed by atoms with Gasteiger partial charge in [0.15, 0.2) is 5.58 Å². The van der Waals surface area contributed by atoms with Gasteiger partial charge in [-0.3, -0.25) is 9.48 Å². The van der Waals surface area contributed by atoms with E-state index >= 15 is 0 Å². The zero-order valence-electron chi connectivity index (χ0n) is 16.0. The molecule has 3 heterocycles. The summed E-state index contributed by atoms with van der Waals surface area (Å²) in [7, 11) is 0. The standard InChI is InChI=1S/C21H21FN4O2/c1-4-26-14(3)20(13(2)24-26)23-21(27)18-11-19-17(9-10-28-19)25(18)12-15-7-5-6-8-16(15)22/h5-11H,4,12H2,1-3H3,(H,23,27). The van der Waals surface area contributed by atoms with Gasteiger partial charge in [0, 0.05) is 24.2 Å². The van der Waals surface area contributed by atoms with E-state index in [4.69, 9.17) is 4.42 Å². The summed E-state index contributed by atoms with van der Waals surface area (Å²) in [5.74, 6) is -0.597. The maximum atomic E-state index is 14.2. The molecule has 0 aliphatic heterocycles. The molecule has 0 atom stereocenters. The van der Waals surface area contributed by atoms with Gasteiger partial charge < -0.3 is 14.3 Å². The number of furan rings is 1. The Morgan fingerprint density at radius 1 is 1.25 bits per heavy atom. The molecule has 7 heteroatoms. The van der Waals surface area contributed by atoms with Gasteiger partial charge in [0.1, 0.15) is 11.5 Å². The van der Waals surface area contributed by atoms with Crippen LogP contribution in [0.3, 0.4) is 0 Å². The van der Waals surface area contributed by atoms with Crippen LogP contribution in [0.5, 0.6) is 0 Å². The molecule has 1 aromatic carbocycles. The highest BCUT2D eigenvalue weighted by Gasteiger charge is 2.21. The van der Waals surface area contributed by atoms with E-state index in [-0.39, 0.29) is 18.3 Å². The van der Waals surface area contributed by atoms with Crippen LogP contribution < -0.4 is 5.32 Å². The molecule has 1 amide bonds. The second-order valence-corrected chi connectivity index (χ2v) is 6.69. The largest absolute Gasteiger partial charge is 0.463 e. The van der Waals surface area contributed by atoms with Gasteiger partial charge in [-0.05, 0) is 26.8 Å². The van der Waals surface area contributed by atoms with Gasteiger partial charge in [0.2, 0.25) is 0 Å². The first kappa shape index (κ1) is 18.0. The topological polar surface area (TPSA) is 65.0 Å². The minimum absolute atomic E-state index is 0.227. The summed E-state index contributed by atoms with van der Waals surface area (Å²) in [6.07, 6.45) is 1.56. The van der Waals surface area contributed by atoms with Crippen molar-refractivity contribution < 1.29 is 13.6 Å². The van der Waals surface area contributed by atoms with Crippen molar-refractivity contribution in [2.24, 2.45) is 0 Å². The predicted octanol–water partition coefficient (Wildman–Crippen LogP) is 4.51. The third kappa shape index (κ3) is 2.98. The summed E-state index contributed by atoms with van der Waals surface area (Å²) in [4.78, 5) is 13.1. The summed E-state index contributed by atoms with van der Waals surface area (Å²) in [6, 6.07) is 10.0. The molecule has 144 valence electrons. The number of benzene rings is 1. The van der Waals surface area contributed by atoms with Crippen LogP contribution in [0.4, 0.5) is 10.1 Å². The lowest BCUT2D eigenvalue weighted by atomic mass is 10.2. The first-order chi connectivity index (χ1) is 13.5. The van der Waals surface area contributed by atoms with Crippen LogP contribution in [0, 0.1) is 19.7 Å². The number of halogens is 1. The number of amides is 1. The number of carbonyl (C=O) groups is 1. The molecule has 28 heavy (non-hydrogen) atoms. The molecule has 6 nitrogen and oxygen atoms in total. The number of nitrogens with zero attached hydrogens (tertiary/aromatic N) is 3. The fourth-order valence-electron chi connectivity index (χ4n) is 3.50. The Hall–Kier alpha value is -3.35. The summed E-state index contributed by atoms with van der Waals surface area (Å²) < 4.78 is 23.3. The van der Waals surface area contributed by atoms with E-state index in [0.29, 0.717) is 22.5 Å². The number of aromatic nitrogens is 3. The number of hydrogen-bond donors (Lipinski definition) is 1. The molecule has 0 saturated carbocycles. The Labute approximate surface area is 161 Å². The molecule has 4 rings (SSSR count). The molecule has 0 bridgehead atoms. The molecule has 0 aliphatic rings. The summed E-state index contributed by atoms with van der Waals surface area (Å²) >= 11 is 0. The van der Waals surface area contributed by atoms with E-state index in [0.717, 1.165) is 23.4 Å². The Balaban J connectivity index is 1.73. The van der Waals surface area contributed by atoms with Gasteiger partial charge in [-0.25, -0.2) is 4.39 Å². The Morgan fingerprint density at radius 3 is 2.75 bits per heavy atom. The van der Waals surface area contributed by atoms with Crippen LogP contribution in [0.1, 0.15) is 34.4 Å². The molecule has 0 spiro atoms. The molecule has 4 aromatic rings. The van der Waals surface area contributed by atoms with Crippen molar-refractivity contribution in [1.29, 1.82) is 0 Å². The smallest absolute Gasteiger partial charge is 0.272 e. The van der Waals surface area contributed by atoms with Gasteiger partial charge in [-0.2, -0.15) is 5.10 Å². The normalized spacial score (nSPS) is 11.3. The predicted molar refractivity (Wildman–Crippen MR) is 105 cm³/mol. The number of fused-ring (bicyclic) bond motifs is 1. The minimum atomic E-state index is -0.310. The highest BCUT2D eigenvalue weighted by Crippen LogP contribution is 2.25. The molecular weight excluding hydrogens is 359 g/mol. The molecule has 0 fully saturated rings. The summed E-state index contributed by atoms with van der Waals surface area (Å²) in [5, 5.41) is 7.40. The fourth-order valence-corrected chi connectivity index (χ4v) is 3.50. The maximum absolute atomic E-state index is 14.2. The second-order valence-electron chi connectivity index (χ2n) is 6.69. The van der Waals surface area contributed by atoms with Gasteiger partial charge in [0.25, 0.3) is 5.91 Å². The molecule has 3 aromatic heterocycles. The molecular formula is C21H21FN4O2. The number of aryl methyl sites for hydroxylation is 2. The Kier molecular flexibility index (Phi) is 4.50. The molecule has 0 radical (unpaired) electrons. The third-order valence-corrected chi connectivity index (χ3v) is 4.96. The number of nitrogens with one attached hydrogen (secondary N) is 1. The SMILES string of the molecule is CCn1nc(C)c(NC(=O)c2cc3occc3n2Cc2ccccc2F)c1C. The molecule has 0 unspecified atom stereocenters. The lowest BCUT2D eigenvalue weighted by Crippen LogP contribution is -2.18. The third-order valence-electron chi connectivity index (χ3n) is 4.96. The molecule has 1 N–H and O–H groups in total.